The number of hydrogen-bond acceptors (Lipinski definition) is 5. The molecule has 1 amide bonds. The molecule has 168 valence electrons. The van der Waals surface area contributed by atoms with Gasteiger partial charge in [0.15, 0.2) is 5.54 Å². The molecule has 1 saturated heterocycles. The lowest BCUT2D eigenvalue weighted by molar-refractivity contribution is -0.126. The highest BCUT2D eigenvalue weighted by atomic mass is 19.1. The summed E-state index contributed by atoms with van der Waals surface area (Å²) in [6, 6.07) is 12.0. The van der Waals surface area contributed by atoms with Crippen LogP contribution in [0.15, 0.2) is 66.1 Å². The van der Waals surface area contributed by atoms with Gasteiger partial charge in [0.1, 0.15) is 17.4 Å². The van der Waals surface area contributed by atoms with E-state index in [4.69, 9.17) is 4.74 Å². The van der Waals surface area contributed by atoms with E-state index in [1.165, 1.54) is 12.1 Å². The van der Waals surface area contributed by atoms with Crippen LogP contribution in [-0.4, -0.2) is 52.9 Å². The number of rotatable bonds is 5. The lowest BCUT2D eigenvalue weighted by Gasteiger charge is -2.42. The molecule has 1 atom stereocenters. The predicted octanol–water partition coefficient (Wildman–Crippen LogP) is 3.08. The lowest BCUT2D eigenvalue weighted by Crippen LogP contribution is -2.60. The maximum Gasteiger partial charge on any atom is 0.279 e. The number of aryl methyl sites for hydroxylation is 1. The summed E-state index contributed by atoms with van der Waals surface area (Å²) in [6.07, 6.45) is 7.46. The molecule has 2 aromatic carbocycles. The van der Waals surface area contributed by atoms with Crippen molar-refractivity contribution in [3.63, 3.8) is 0 Å². The number of amidine groups is 1. The molecule has 3 aromatic rings. The summed E-state index contributed by atoms with van der Waals surface area (Å²) in [5.41, 5.74) is 2.51. The third-order valence-corrected chi connectivity index (χ3v) is 6.14. The molecular weight excluding hydrogens is 421 g/mol. The molecule has 1 fully saturated rings. The summed E-state index contributed by atoms with van der Waals surface area (Å²) in [5.74, 6) is 0.727. The van der Waals surface area contributed by atoms with Crippen LogP contribution in [0.4, 0.5) is 4.39 Å². The third kappa shape index (κ3) is 3.62. The Morgan fingerprint density at radius 2 is 2.00 bits per heavy atom. The highest BCUT2D eigenvalue weighted by Gasteiger charge is 2.52. The van der Waals surface area contributed by atoms with Crippen molar-refractivity contribution in [2.45, 2.75) is 12.5 Å². The van der Waals surface area contributed by atoms with Crippen molar-refractivity contribution in [2.75, 3.05) is 26.7 Å². The number of carbonyl (C=O) groups excluding carboxylic acids is 1. The SMILES string of the molecule is COc1cc(C=CC2=NC(=O)C3(c4ccc(F)cc4)CNCCN23)ccc1-n1cnc(C)c1. The zero-order valence-corrected chi connectivity index (χ0v) is 18.5. The van der Waals surface area contributed by atoms with Crippen molar-refractivity contribution in [3.05, 3.63) is 83.7 Å². The molecule has 2 aliphatic heterocycles. The van der Waals surface area contributed by atoms with E-state index < -0.39 is 5.54 Å². The standard InChI is InChI=1S/C25H24FN5O2/c1-17-14-30(16-28-17)21-9-3-18(13-22(21)33-2)4-10-23-29-24(32)25(15-27-11-12-31(23)25)19-5-7-20(26)8-6-19/h3-10,13-14,16,27H,11-12,15H2,1-2H3. The second-order valence-corrected chi connectivity index (χ2v) is 8.16. The first-order valence-corrected chi connectivity index (χ1v) is 10.8. The van der Waals surface area contributed by atoms with E-state index >= 15 is 0 Å². The molecule has 0 radical (unpaired) electrons. The number of benzene rings is 2. The second-order valence-electron chi connectivity index (χ2n) is 8.16. The van der Waals surface area contributed by atoms with Gasteiger partial charge in [-0.25, -0.2) is 9.37 Å². The molecule has 0 spiro atoms. The van der Waals surface area contributed by atoms with Gasteiger partial charge in [-0.05, 0) is 48.4 Å². The van der Waals surface area contributed by atoms with Crippen LogP contribution in [0.1, 0.15) is 16.8 Å². The van der Waals surface area contributed by atoms with Crippen LogP contribution in [0, 0.1) is 12.7 Å². The molecule has 5 rings (SSSR count). The van der Waals surface area contributed by atoms with E-state index in [0.29, 0.717) is 24.7 Å². The molecule has 2 aliphatic rings. The Morgan fingerprint density at radius 1 is 1.18 bits per heavy atom. The zero-order valence-electron chi connectivity index (χ0n) is 18.5. The van der Waals surface area contributed by atoms with E-state index in [0.717, 1.165) is 29.1 Å². The molecule has 1 N–H and O–H groups in total. The normalized spacial score (nSPS) is 20.3. The summed E-state index contributed by atoms with van der Waals surface area (Å²) in [6.45, 7) is 3.71. The minimum Gasteiger partial charge on any atom is -0.495 e. The van der Waals surface area contributed by atoms with Crippen LogP contribution in [0.25, 0.3) is 11.8 Å². The van der Waals surface area contributed by atoms with Gasteiger partial charge in [0.25, 0.3) is 5.91 Å². The number of hydrogen-bond donors (Lipinski definition) is 1. The fourth-order valence-electron chi connectivity index (χ4n) is 4.47. The van der Waals surface area contributed by atoms with E-state index in [1.54, 1.807) is 25.6 Å². The van der Waals surface area contributed by atoms with Crippen molar-refractivity contribution < 1.29 is 13.9 Å². The van der Waals surface area contributed by atoms with E-state index in [1.807, 2.05) is 52.9 Å². The Kier molecular flexibility index (Phi) is 5.30. The fraction of sp³-hybridized carbons (Fsp3) is 0.240. The number of ether oxygens (including phenoxy) is 1. The summed E-state index contributed by atoms with van der Waals surface area (Å²) >= 11 is 0. The van der Waals surface area contributed by atoms with Gasteiger partial charge in [-0.3, -0.25) is 4.79 Å². The second kappa shape index (κ2) is 8.29. The van der Waals surface area contributed by atoms with Gasteiger partial charge in [-0.1, -0.05) is 24.3 Å². The average molecular weight is 445 g/mol. The highest BCUT2D eigenvalue weighted by molar-refractivity contribution is 6.12. The van der Waals surface area contributed by atoms with Crippen LogP contribution in [0.5, 0.6) is 5.75 Å². The van der Waals surface area contributed by atoms with Gasteiger partial charge in [-0.15, -0.1) is 0 Å². The van der Waals surface area contributed by atoms with Crippen molar-refractivity contribution in [3.8, 4) is 11.4 Å². The minimum absolute atomic E-state index is 0.246. The van der Waals surface area contributed by atoms with Gasteiger partial charge >= 0.3 is 0 Å². The summed E-state index contributed by atoms with van der Waals surface area (Å²) < 4.78 is 21.0. The molecule has 1 unspecified atom stereocenters. The summed E-state index contributed by atoms with van der Waals surface area (Å²) in [5, 5.41) is 3.30. The Balaban J connectivity index is 1.44. The average Bonchev–Trinajstić information content (AvgIpc) is 3.39. The van der Waals surface area contributed by atoms with Crippen molar-refractivity contribution in [1.82, 2.24) is 19.8 Å². The molecular formula is C25H24FN5O2. The maximum atomic E-state index is 13.5. The van der Waals surface area contributed by atoms with Gasteiger partial charge in [0, 0.05) is 25.8 Å². The fourth-order valence-corrected chi connectivity index (χ4v) is 4.47. The molecule has 3 heterocycles. The number of carbonyl (C=O) groups is 1. The number of aliphatic imine (C=N–C) groups is 1. The van der Waals surface area contributed by atoms with Gasteiger partial charge in [-0.2, -0.15) is 4.99 Å². The predicted molar refractivity (Wildman–Crippen MR) is 124 cm³/mol. The molecule has 7 nitrogen and oxygen atoms in total. The van der Waals surface area contributed by atoms with Gasteiger partial charge < -0.3 is 19.5 Å². The number of piperazine rings is 1. The van der Waals surface area contributed by atoms with Crippen molar-refractivity contribution in [2.24, 2.45) is 4.99 Å². The Morgan fingerprint density at radius 3 is 2.73 bits per heavy atom. The first-order chi connectivity index (χ1) is 16.0. The lowest BCUT2D eigenvalue weighted by atomic mass is 9.86. The summed E-state index contributed by atoms with van der Waals surface area (Å²) in [4.78, 5) is 23.8. The Labute approximate surface area is 191 Å². The first-order valence-electron chi connectivity index (χ1n) is 10.8. The maximum absolute atomic E-state index is 13.5. The third-order valence-electron chi connectivity index (χ3n) is 6.14. The number of halogens is 1. The van der Waals surface area contributed by atoms with Gasteiger partial charge in [0.05, 0.1) is 24.8 Å². The zero-order chi connectivity index (χ0) is 23.0. The number of aromatic nitrogens is 2. The molecule has 8 heteroatoms. The molecule has 0 bridgehead atoms. The number of amides is 1. The molecule has 1 aromatic heterocycles. The number of imidazole rings is 1. The first kappa shape index (κ1) is 21.1. The van der Waals surface area contributed by atoms with Crippen molar-refractivity contribution >= 4 is 17.8 Å². The van der Waals surface area contributed by atoms with Crippen LogP contribution in [0.2, 0.25) is 0 Å². The van der Waals surface area contributed by atoms with E-state index in [2.05, 4.69) is 15.3 Å². The van der Waals surface area contributed by atoms with Gasteiger partial charge in [0.2, 0.25) is 0 Å². The molecule has 0 saturated carbocycles. The number of methoxy groups -OCH3 is 1. The Hall–Kier alpha value is -3.78. The Bertz CT molecular complexity index is 1260. The molecule has 33 heavy (non-hydrogen) atoms. The highest BCUT2D eigenvalue weighted by Crippen LogP contribution is 2.36. The topological polar surface area (TPSA) is 71.8 Å². The van der Waals surface area contributed by atoms with Crippen LogP contribution in [-0.2, 0) is 10.3 Å². The minimum atomic E-state index is -0.952. The number of fused-ring (bicyclic) bond motifs is 1. The number of nitrogens with zero attached hydrogens (tertiary/aromatic N) is 4. The number of nitrogens with one attached hydrogen (secondary N) is 1. The van der Waals surface area contributed by atoms with Crippen LogP contribution < -0.4 is 10.1 Å². The monoisotopic (exact) mass is 445 g/mol. The quantitative estimate of drug-likeness (QED) is 0.654. The van der Waals surface area contributed by atoms with E-state index in [-0.39, 0.29) is 11.7 Å². The van der Waals surface area contributed by atoms with Crippen LogP contribution >= 0.6 is 0 Å². The smallest absolute Gasteiger partial charge is 0.279 e. The largest absolute Gasteiger partial charge is 0.495 e. The summed E-state index contributed by atoms with van der Waals surface area (Å²) in [7, 11) is 1.63. The van der Waals surface area contributed by atoms with E-state index in [9.17, 15) is 9.18 Å². The van der Waals surface area contributed by atoms with Crippen molar-refractivity contribution in [1.29, 1.82) is 0 Å². The molecule has 0 aliphatic carbocycles. The van der Waals surface area contributed by atoms with Crippen LogP contribution in [0.3, 0.4) is 0 Å².